The molecule has 0 amide bonds. The van der Waals surface area contributed by atoms with Gasteiger partial charge in [-0.05, 0) is 38.5 Å². The van der Waals surface area contributed by atoms with E-state index >= 15 is 0 Å². The van der Waals surface area contributed by atoms with Crippen LogP contribution in [0, 0.1) is 0 Å². The Labute approximate surface area is 286 Å². The van der Waals surface area contributed by atoms with Gasteiger partial charge in [-0.2, -0.15) is 0 Å². The largest absolute Gasteiger partial charge is 0.462 e. The Morgan fingerprint density at radius 1 is 0.478 bits per heavy atom. The highest BCUT2D eigenvalue weighted by Crippen LogP contribution is 2.15. The van der Waals surface area contributed by atoms with E-state index in [4.69, 9.17) is 9.47 Å². The molecule has 0 aliphatic rings. The average Bonchev–Trinajstić information content (AvgIpc) is 3.06. The second-order valence-corrected chi connectivity index (χ2v) is 13.7. The topological polar surface area (TPSA) is 72.8 Å². The third kappa shape index (κ3) is 35.5. The van der Waals surface area contributed by atoms with Gasteiger partial charge in [-0.1, -0.05) is 180 Å². The summed E-state index contributed by atoms with van der Waals surface area (Å²) in [6.45, 7) is 4.15. The molecule has 0 aromatic heterocycles. The van der Waals surface area contributed by atoms with Crippen molar-refractivity contribution in [2.45, 2.75) is 225 Å². The third-order valence-corrected chi connectivity index (χ3v) is 9.06. The van der Waals surface area contributed by atoms with Crippen molar-refractivity contribution in [2.75, 3.05) is 13.2 Å². The summed E-state index contributed by atoms with van der Waals surface area (Å²) >= 11 is 0. The number of carbonyl (C=O) groups excluding carboxylic acids is 2. The summed E-state index contributed by atoms with van der Waals surface area (Å²) < 4.78 is 10.6. The van der Waals surface area contributed by atoms with E-state index in [1.165, 1.54) is 161 Å². The fourth-order valence-electron chi connectivity index (χ4n) is 5.96. The highest BCUT2D eigenvalue weighted by molar-refractivity contribution is 5.70. The number of unbranched alkanes of at least 4 members (excludes halogenated alkanes) is 27. The van der Waals surface area contributed by atoms with Crippen LogP contribution in [-0.4, -0.2) is 36.4 Å². The zero-order chi connectivity index (χ0) is 33.6. The van der Waals surface area contributed by atoms with Gasteiger partial charge in [-0.15, -0.1) is 0 Å². The molecule has 0 aliphatic carbocycles. The summed E-state index contributed by atoms with van der Waals surface area (Å²) in [5.41, 5.74) is 0. The molecule has 0 saturated heterocycles. The quantitative estimate of drug-likeness (QED) is 0.0411. The fourth-order valence-corrected chi connectivity index (χ4v) is 5.96. The Morgan fingerprint density at radius 2 is 0.804 bits per heavy atom. The number of carbonyl (C=O) groups is 2. The number of hydrogen-bond donors (Lipinski definition) is 1. The molecule has 0 aromatic rings. The minimum absolute atomic E-state index is 0.0615. The monoisotopic (exact) mass is 651 g/mol. The van der Waals surface area contributed by atoms with Gasteiger partial charge in [0.15, 0.2) is 6.10 Å². The number of rotatable bonds is 37. The smallest absolute Gasteiger partial charge is 0.306 e. The first kappa shape index (κ1) is 44.6. The van der Waals surface area contributed by atoms with Gasteiger partial charge in [0.1, 0.15) is 6.61 Å². The summed E-state index contributed by atoms with van der Waals surface area (Å²) in [7, 11) is 0. The molecule has 1 atom stereocenters. The SMILES string of the molecule is CCCCCCCC/C=C/CCCCCCCCCC(=O)O[C@@H](CO)COC(=O)CCCCCCCCCCCCCCCCC. The lowest BCUT2D eigenvalue weighted by molar-refractivity contribution is -0.161. The van der Waals surface area contributed by atoms with Gasteiger partial charge in [0.2, 0.25) is 0 Å². The van der Waals surface area contributed by atoms with E-state index < -0.39 is 6.10 Å². The predicted octanol–water partition coefficient (Wildman–Crippen LogP) is 12.5. The zero-order valence-corrected chi connectivity index (χ0v) is 30.9. The highest BCUT2D eigenvalue weighted by atomic mass is 16.6. The van der Waals surface area contributed by atoms with E-state index in [0.29, 0.717) is 12.8 Å². The molecular formula is C41H78O5. The second kappa shape index (κ2) is 38.1. The molecule has 46 heavy (non-hydrogen) atoms. The van der Waals surface area contributed by atoms with E-state index in [-0.39, 0.29) is 25.2 Å². The molecule has 0 rings (SSSR count). The molecule has 5 nitrogen and oxygen atoms in total. The molecule has 0 heterocycles. The Hall–Kier alpha value is -1.36. The van der Waals surface area contributed by atoms with Crippen LogP contribution in [0.4, 0.5) is 0 Å². The van der Waals surface area contributed by atoms with Crippen LogP contribution >= 0.6 is 0 Å². The van der Waals surface area contributed by atoms with Gasteiger partial charge in [0.25, 0.3) is 0 Å². The first-order valence-electron chi connectivity index (χ1n) is 20.2. The highest BCUT2D eigenvalue weighted by Gasteiger charge is 2.16. The lowest BCUT2D eigenvalue weighted by atomic mass is 10.0. The van der Waals surface area contributed by atoms with E-state index in [1.807, 2.05) is 0 Å². The van der Waals surface area contributed by atoms with Crippen LogP contribution in [0.5, 0.6) is 0 Å². The Kier molecular flexibility index (Phi) is 37.0. The van der Waals surface area contributed by atoms with Gasteiger partial charge in [-0.3, -0.25) is 9.59 Å². The molecule has 0 unspecified atom stereocenters. The van der Waals surface area contributed by atoms with E-state index in [1.54, 1.807) is 0 Å². The third-order valence-electron chi connectivity index (χ3n) is 9.06. The van der Waals surface area contributed by atoms with E-state index in [0.717, 1.165) is 32.1 Å². The number of esters is 2. The van der Waals surface area contributed by atoms with Gasteiger partial charge >= 0.3 is 11.9 Å². The van der Waals surface area contributed by atoms with Crippen LogP contribution in [-0.2, 0) is 19.1 Å². The molecule has 272 valence electrons. The number of aliphatic hydroxyl groups excluding tert-OH is 1. The molecule has 5 heteroatoms. The molecular weight excluding hydrogens is 572 g/mol. The van der Waals surface area contributed by atoms with Crippen LogP contribution in [0.2, 0.25) is 0 Å². The van der Waals surface area contributed by atoms with Crippen molar-refractivity contribution < 1.29 is 24.2 Å². The minimum atomic E-state index is -0.766. The van der Waals surface area contributed by atoms with Crippen LogP contribution in [0.1, 0.15) is 219 Å². The van der Waals surface area contributed by atoms with E-state index in [9.17, 15) is 14.7 Å². The molecule has 0 bridgehead atoms. The van der Waals surface area contributed by atoms with Crippen molar-refractivity contribution in [1.82, 2.24) is 0 Å². The first-order valence-corrected chi connectivity index (χ1v) is 20.2. The van der Waals surface area contributed by atoms with Gasteiger partial charge in [-0.25, -0.2) is 0 Å². The second-order valence-electron chi connectivity index (χ2n) is 13.7. The maximum Gasteiger partial charge on any atom is 0.306 e. The standard InChI is InChI=1S/C41H78O5/c1-3-5-7-9-11-13-15-17-19-20-22-24-26-28-30-32-34-36-41(44)46-39(37-42)38-45-40(43)35-33-31-29-27-25-23-21-18-16-14-12-10-8-6-4-2/h17,19,39,42H,3-16,18,20-38H2,1-2H3/b19-17+/t39-/m0/s1. The first-order chi connectivity index (χ1) is 22.6. The summed E-state index contributed by atoms with van der Waals surface area (Å²) in [5, 5.41) is 9.55. The number of hydrogen-bond acceptors (Lipinski definition) is 5. The van der Waals surface area contributed by atoms with Crippen molar-refractivity contribution in [3.8, 4) is 0 Å². The molecule has 0 radical (unpaired) electrons. The summed E-state index contributed by atoms with van der Waals surface area (Å²) in [4.78, 5) is 24.2. The van der Waals surface area contributed by atoms with Crippen molar-refractivity contribution in [1.29, 1.82) is 0 Å². The Balaban J connectivity index is 3.52. The van der Waals surface area contributed by atoms with Crippen molar-refractivity contribution in [3.05, 3.63) is 12.2 Å². The van der Waals surface area contributed by atoms with Gasteiger partial charge in [0.05, 0.1) is 6.61 Å². The molecule has 0 spiro atoms. The molecule has 0 fully saturated rings. The summed E-state index contributed by atoms with van der Waals surface area (Å²) in [6, 6.07) is 0. The van der Waals surface area contributed by atoms with Crippen LogP contribution in [0.25, 0.3) is 0 Å². The Morgan fingerprint density at radius 3 is 1.17 bits per heavy atom. The lowest BCUT2D eigenvalue weighted by Crippen LogP contribution is -2.28. The zero-order valence-electron chi connectivity index (χ0n) is 30.9. The Bertz CT molecular complexity index is 661. The maximum absolute atomic E-state index is 12.2. The van der Waals surface area contributed by atoms with Crippen LogP contribution in [0.15, 0.2) is 12.2 Å². The van der Waals surface area contributed by atoms with Crippen molar-refractivity contribution in [3.63, 3.8) is 0 Å². The average molecular weight is 651 g/mol. The maximum atomic E-state index is 12.2. The van der Waals surface area contributed by atoms with Gasteiger partial charge in [0, 0.05) is 12.8 Å². The molecule has 0 aliphatic heterocycles. The number of aliphatic hydroxyl groups is 1. The predicted molar refractivity (Wildman–Crippen MR) is 196 cm³/mol. The lowest BCUT2D eigenvalue weighted by Gasteiger charge is -2.15. The summed E-state index contributed by atoms with van der Waals surface area (Å²) in [5.74, 6) is -0.585. The normalized spacial score (nSPS) is 12.2. The van der Waals surface area contributed by atoms with Crippen LogP contribution < -0.4 is 0 Å². The molecule has 0 saturated carbocycles. The minimum Gasteiger partial charge on any atom is -0.462 e. The number of allylic oxidation sites excluding steroid dienone is 2. The van der Waals surface area contributed by atoms with Crippen molar-refractivity contribution >= 4 is 11.9 Å². The van der Waals surface area contributed by atoms with Crippen molar-refractivity contribution in [2.24, 2.45) is 0 Å². The number of ether oxygens (including phenoxy) is 2. The molecule has 1 N–H and O–H groups in total. The van der Waals surface area contributed by atoms with E-state index in [2.05, 4.69) is 26.0 Å². The van der Waals surface area contributed by atoms with Gasteiger partial charge < -0.3 is 14.6 Å². The summed E-state index contributed by atoms with van der Waals surface area (Å²) in [6.07, 6.45) is 42.7. The fraction of sp³-hybridized carbons (Fsp3) is 0.902. The van der Waals surface area contributed by atoms with Crippen LogP contribution in [0.3, 0.4) is 0 Å². The molecule has 0 aromatic carbocycles.